The molecule has 0 unspecified atom stereocenters. The number of hydrogen-bond acceptors (Lipinski definition) is 3. The summed E-state index contributed by atoms with van der Waals surface area (Å²) < 4.78 is 4.47. The fourth-order valence-corrected chi connectivity index (χ4v) is 0.979. The van der Waals surface area contributed by atoms with Crippen molar-refractivity contribution in [2.45, 2.75) is 18.4 Å². The van der Waals surface area contributed by atoms with E-state index in [1.54, 1.807) is 7.05 Å². The van der Waals surface area contributed by atoms with Crippen LogP contribution in [0, 0.1) is 0 Å². The van der Waals surface area contributed by atoms with Gasteiger partial charge < -0.3 is 9.53 Å². The molecule has 1 saturated carbocycles. The van der Waals surface area contributed by atoms with E-state index in [0.717, 1.165) is 19.1 Å². The zero-order valence-corrected chi connectivity index (χ0v) is 6.66. The first-order valence-electron chi connectivity index (χ1n) is 3.44. The van der Waals surface area contributed by atoms with Crippen LogP contribution in [0.3, 0.4) is 0 Å². The molecule has 1 rings (SSSR count). The predicted molar refractivity (Wildman–Crippen MR) is 38.2 cm³/mol. The van der Waals surface area contributed by atoms with E-state index in [-0.39, 0.29) is 0 Å². The van der Waals surface area contributed by atoms with Gasteiger partial charge in [0, 0.05) is 7.05 Å². The van der Waals surface area contributed by atoms with Crippen LogP contribution in [0.1, 0.15) is 12.8 Å². The lowest BCUT2D eigenvalue weighted by molar-refractivity contribution is -0.112. The van der Waals surface area contributed by atoms with Gasteiger partial charge in [0.15, 0.2) is 0 Å². The summed E-state index contributed by atoms with van der Waals surface area (Å²) in [5.74, 6) is 0. The van der Waals surface area contributed by atoms with E-state index in [9.17, 15) is 9.59 Å². The minimum atomic E-state index is -0.549. The minimum Gasteiger partial charge on any atom is -0.453 e. The van der Waals surface area contributed by atoms with Crippen LogP contribution in [-0.4, -0.2) is 37.0 Å². The summed E-state index contributed by atoms with van der Waals surface area (Å²) in [7, 11) is 2.88. The first-order chi connectivity index (χ1) is 5.16. The van der Waals surface area contributed by atoms with E-state index < -0.39 is 11.6 Å². The number of hydrogen-bond donors (Lipinski definition) is 0. The lowest BCUT2D eigenvalue weighted by Crippen LogP contribution is -2.39. The molecule has 0 aromatic carbocycles. The third-order valence-corrected chi connectivity index (χ3v) is 2.10. The number of carbonyl (C=O) groups is 2. The lowest BCUT2D eigenvalue weighted by atomic mass is 10.3. The summed E-state index contributed by atoms with van der Waals surface area (Å²) in [6, 6.07) is 0. The van der Waals surface area contributed by atoms with Gasteiger partial charge in [0.1, 0.15) is 11.8 Å². The summed E-state index contributed by atoms with van der Waals surface area (Å²) in [5.41, 5.74) is -0.549. The number of amides is 1. The fourth-order valence-electron chi connectivity index (χ4n) is 0.979. The Kier molecular flexibility index (Phi) is 1.85. The molecule has 0 N–H and O–H groups in total. The maximum atomic E-state index is 10.9. The number of aldehydes is 1. The molecule has 0 heterocycles. The van der Waals surface area contributed by atoms with E-state index in [0.29, 0.717) is 0 Å². The normalized spacial score (nSPS) is 18.7. The Morgan fingerprint density at radius 1 is 1.64 bits per heavy atom. The maximum absolute atomic E-state index is 10.9. The molecule has 0 saturated heterocycles. The summed E-state index contributed by atoms with van der Waals surface area (Å²) in [6.45, 7) is 0. The third kappa shape index (κ3) is 1.20. The number of likely N-dealkylation sites (N-methyl/N-ethyl adjacent to an activating group) is 1. The van der Waals surface area contributed by atoms with Crippen LogP contribution in [0.15, 0.2) is 0 Å². The first-order valence-corrected chi connectivity index (χ1v) is 3.44. The second kappa shape index (κ2) is 2.53. The Morgan fingerprint density at radius 3 is 2.45 bits per heavy atom. The summed E-state index contributed by atoms with van der Waals surface area (Å²) >= 11 is 0. The fraction of sp³-hybridized carbons (Fsp3) is 0.714. The minimum absolute atomic E-state index is 0.449. The maximum Gasteiger partial charge on any atom is 0.410 e. The highest BCUT2D eigenvalue weighted by molar-refractivity contribution is 5.78. The second-order valence-corrected chi connectivity index (χ2v) is 2.75. The highest BCUT2D eigenvalue weighted by Gasteiger charge is 2.49. The molecule has 0 bridgehead atoms. The van der Waals surface area contributed by atoms with Gasteiger partial charge in [0.25, 0.3) is 0 Å². The van der Waals surface area contributed by atoms with Crippen molar-refractivity contribution < 1.29 is 14.3 Å². The first kappa shape index (κ1) is 8.04. The second-order valence-electron chi connectivity index (χ2n) is 2.75. The monoisotopic (exact) mass is 157 g/mol. The molecule has 0 aromatic rings. The zero-order valence-electron chi connectivity index (χ0n) is 6.66. The van der Waals surface area contributed by atoms with Crippen molar-refractivity contribution in [1.82, 2.24) is 4.90 Å². The third-order valence-electron chi connectivity index (χ3n) is 2.10. The van der Waals surface area contributed by atoms with Crippen molar-refractivity contribution in [1.29, 1.82) is 0 Å². The molecule has 11 heavy (non-hydrogen) atoms. The van der Waals surface area contributed by atoms with Crippen LogP contribution in [0.5, 0.6) is 0 Å². The number of rotatable bonds is 2. The Bertz CT molecular complexity index is 186. The van der Waals surface area contributed by atoms with Crippen molar-refractivity contribution in [2.24, 2.45) is 0 Å². The standard InChI is InChI=1S/C7H11NO3/c1-8(6(10)11-2)7(5-9)3-4-7/h5H,3-4H2,1-2H3. The Morgan fingerprint density at radius 2 is 2.18 bits per heavy atom. The van der Waals surface area contributed by atoms with Crippen molar-refractivity contribution >= 4 is 12.4 Å². The molecular weight excluding hydrogens is 146 g/mol. The van der Waals surface area contributed by atoms with Gasteiger partial charge in [-0.2, -0.15) is 0 Å². The van der Waals surface area contributed by atoms with Gasteiger partial charge in [-0.1, -0.05) is 0 Å². The van der Waals surface area contributed by atoms with Crippen molar-refractivity contribution in [3.63, 3.8) is 0 Å². The van der Waals surface area contributed by atoms with Crippen molar-refractivity contribution in [3.05, 3.63) is 0 Å². The van der Waals surface area contributed by atoms with E-state index in [4.69, 9.17) is 0 Å². The molecule has 0 spiro atoms. The molecule has 1 fully saturated rings. The van der Waals surface area contributed by atoms with Crippen molar-refractivity contribution in [2.75, 3.05) is 14.2 Å². The SMILES string of the molecule is COC(=O)N(C)C1(C=O)CC1. The van der Waals surface area contributed by atoms with Crippen LogP contribution in [0.4, 0.5) is 4.79 Å². The molecule has 1 aliphatic rings. The van der Waals surface area contributed by atoms with E-state index >= 15 is 0 Å². The van der Waals surface area contributed by atoms with E-state index in [2.05, 4.69) is 4.74 Å². The van der Waals surface area contributed by atoms with Gasteiger partial charge in [0.2, 0.25) is 0 Å². The summed E-state index contributed by atoms with van der Waals surface area (Å²) in [5, 5.41) is 0. The van der Waals surface area contributed by atoms with E-state index in [1.807, 2.05) is 0 Å². The smallest absolute Gasteiger partial charge is 0.410 e. The van der Waals surface area contributed by atoms with Gasteiger partial charge in [-0.05, 0) is 12.8 Å². The molecule has 0 aromatic heterocycles. The van der Waals surface area contributed by atoms with Crippen LogP contribution in [0.25, 0.3) is 0 Å². The average molecular weight is 157 g/mol. The molecule has 0 aliphatic heterocycles. The van der Waals surface area contributed by atoms with Gasteiger partial charge in [-0.3, -0.25) is 4.90 Å². The van der Waals surface area contributed by atoms with Crippen LogP contribution in [-0.2, 0) is 9.53 Å². The van der Waals surface area contributed by atoms with Crippen LogP contribution < -0.4 is 0 Å². The molecule has 4 nitrogen and oxygen atoms in total. The topological polar surface area (TPSA) is 46.6 Å². The Labute approximate surface area is 65.1 Å². The van der Waals surface area contributed by atoms with Crippen LogP contribution in [0.2, 0.25) is 0 Å². The van der Waals surface area contributed by atoms with Gasteiger partial charge in [-0.15, -0.1) is 0 Å². The predicted octanol–water partition coefficient (Wildman–Crippen LogP) is 0.416. The number of methoxy groups -OCH3 is 1. The number of carbonyl (C=O) groups excluding carboxylic acids is 2. The van der Waals surface area contributed by atoms with Gasteiger partial charge >= 0.3 is 6.09 Å². The number of nitrogens with zero attached hydrogens (tertiary/aromatic N) is 1. The number of ether oxygens (including phenoxy) is 1. The van der Waals surface area contributed by atoms with E-state index in [1.165, 1.54) is 12.0 Å². The van der Waals surface area contributed by atoms with Crippen molar-refractivity contribution in [3.8, 4) is 0 Å². The largest absolute Gasteiger partial charge is 0.453 e. The summed E-state index contributed by atoms with van der Waals surface area (Å²) in [4.78, 5) is 22.8. The van der Waals surface area contributed by atoms with Gasteiger partial charge in [-0.25, -0.2) is 4.79 Å². The highest BCUT2D eigenvalue weighted by atomic mass is 16.5. The average Bonchev–Trinajstić information content (AvgIpc) is 2.82. The quantitative estimate of drug-likeness (QED) is 0.545. The van der Waals surface area contributed by atoms with Gasteiger partial charge in [0.05, 0.1) is 7.11 Å². The molecule has 1 aliphatic carbocycles. The summed E-state index contributed by atoms with van der Waals surface area (Å²) in [6.07, 6.45) is 1.86. The Hall–Kier alpha value is -1.06. The zero-order chi connectivity index (χ0) is 8.48. The molecule has 0 radical (unpaired) electrons. The van der Waals surface area contributed by atoms with Crippen LogP contribution >= 0.6 is 0 Å². The Balaban J connectivity index is 2.60. The molecule has 4 heteroatoms. The highest BCUT2D eigenvalue weighted by Crippen LogP contribution is 2.38. The molecular formula is C7H11NO3. The molecule has 1 amide bonds. The molecule has 0 atom stereocenters. The molecule has 62 valence electrons. The lowest BCUT2D eigenvalue weighted by Gasteiger charge is -2.20.